The van der Waals surface area contributed by atoms with Crippen molar-refractivity contribution >= 4 is 11.8 Å². The third kappa shape index (κ3) is 3.57. The molecular weight excluding hydrogens is 276 g/mol. The second kappa shape index (κ2) is 7.08. The summed E-state index contributed by atoms with van der Waals surface area (Å²) in [5.41, 5.74) is 1.17. The SMILES string of the molecule is CCC(=O)C(=O)OC1CCCCC1C(C)(C)c1ccccc1. The van der Waals surface area contributed by atoms with E-state index < -0.39 is 11.8 Å². The van der Waals surface area contributed by atoms with Crippen molar-refractivity contribution in [3.05, 3.63) is 35.9 Å². The van der Waals surface area contributed by atoms with Crippen molar-refractivity contribution < 1.29 is 14.3 Å². The first kappa shape index (κ1) is 16.7. The van der Waals surface area contributed by atoms with Crippen LogP contribution < -0.4 is 0 Å². The van der Waals surface area contributed by atoms with E-state index in [2.05, 4.69) is 26.0 Å². The first-order valence-corrected chi connectivity index (χ1v) is 8.26. The van der Waals surface area contributed by atoms with Crippen LogP contribution in [0.3, 0.4) is 0 Å². The Hall–Kier alpha value is -1.64. The van der Waals surface area contributed by atoms with Crippen molar-refractivity contribution in [1.29, 1.82) is 0 Å². The normalized spacial score (nSPS) is 22.1. The van der Waals surface area contributed by atoms with Gasteiger partial charge in [-0.2, -0.15) is 0 Å². The van der Waals surface area contributed by atoms with Crippen molar-refractivity contribution in [3.63, 3.8) is 0 Å². The molecule has 1 aromatic carbocycles. The first-order chi connectivity index (χ1) is 10.5. The zero-order chi connectivity index (χ0) is 16.2. The molecule has 0 spiro atoms. The van der Waals surface area contributed by atoms with Gasteiger partial charge in [0.2, 0.25) is 5.78 Å². The van der Waals surface area contributed by atoms with Crippen LogP contribution in [0.2, 0.25) is 0 Å². The number of esters is 1. The van der Waals surface area contributed by atoms with E-state index in [1.165, 1.54) is 5.56 Å². The molecule has 0 heterocycles. The van der Waals surface area contributed by atoms with E-state index in [1.807, 2.05) is 18.2 Å². The molecule has 0 bridgehead atoms. The summed E-state index contributed by atoms with van der Waals surface area (Å²) in [6.07, 6.45) is 4.13. The van der Waals surface area contributed by atoms with Gasteiger partial charge in [0.15, 0.2) is 0 Å². The molecule has 0 saturated heterocycles. The fourth-order valence-electron chi connectivity index (χ4n) is 3.49. The first-order valence-electron chi connectivity index (χ1n) is 8.26. The minimum Gasteiger partial charge on any atom is -0.456 e. The van der Waals surface area contributed by atoms with Crippen LogP contribution in [0.1, 0.15) is 58.4 Å². The average Bonchev–Trinajstić information content (AvgIpc) is 2.55. The van der Waals surface area contributed by atoms with E-state index in [9.17, 15) is 9.59 Å². The second-order valence-corrected chi connectivity index (χ2v) is 6.70. The monoisotopic (exact) mass is 302 g/mol. The van der Waals surface area contributed by atoms with Crippen LogP contribution in [-0.4, -0.2) is 17.9 Å². The molecule has 2 atom stereocenters. The Balaban J connectivity index is 2.19. The lowest BCUT2D eigenvalue weighted by molar-refractivity contribution is -0.162. The highest BCUT2D eigenvalue weighted by molar-refractivity contribution is 6.33. The van der Waals surface area contributed by atoms with Gasteiger partial charge in [0.05, 0.1) is 0 Å². The Morgan fingerprint density at radius 1 is 1.14 bits per heavy atom. The molecule has 0 aromatic heterocycles. The fraction of sp³-hybridized carbons (Fsp3) is 0.579. The van der Waals surface area contributed by atoms with Crippen LogP contribution in [0.5, 0.6) is 0 Å². The molecule has 1 aromatic rings. The summed E-state index contributed by atoms with van der Waals surface area (Å²) in [6, 6.07) is 10.4. The number of hydrogen-bond donors (Lipinski definition) is 0. The highest BCUT2D eigenvalue weighted by Gasteiger charge is 2.40. The Morgan fingerprint density at radius 2 is 1.77 bits per heavy atom. The molecule has 0 radical (unpaired) electrons. The van der Waals surface area contributed by atoms with Crippen LogP contribution in [-0.2, 0) is 19.7 Å². The van der Waals surface area contributed by atoms with Crippen molar-refractivity contribution in [3.8, 4) is 0 Å². The summed E-state index contributed by atoms with van der Waals surface area (Å²) in [5, 5.41) is 0. The molecule has 22 heavy (non-hydrogen) atoms. The number of benzene rings is 1. The number of carbonyl (C=O) groups is 2. The maximum Gasteiger partial charge on any atom is 0.374 e. The van der Waals surface area contributed by atoms with Crippen LogP contribution in [0.25, 0.3) is 0 Å². The zero-order valence-corrected chi connectivity index (χ0v) is 13.8. The molecule has 2 rings (SSSR count). The lowest BCUT2D eigenvalue weighted by atomic mass is 9.66. The summed E-state index contributed by atoms with van der Waals surface area (Å²) in [6.45, 7) is 6.11. The van der Waals surface area contributed by atoms with Gasteiger partial charge in [0.1, 0.15) is 6.10 Å². The molecule has 2 unspecified atom stereocenters. The number of Topliss-reactive ketones (excluding diaryl/α,β-unsaturated/α-hetero) is 1. The molecule has 120 valence electrons. The standard InChI is InChI=1S/C19H26O3/c1-4-16(20)18(21)22-17-13-9-8-12-15(17)19(2,3)14-10-6-5-7-11-14/h5-7,10-11,15,17H,4,8-9,12-13H2,1-3H3. The Bertz CT molecular complexity index is 519. The van der Waals surface area contributed by atoms with Crippen LogP contribution >= 0.6 is 0 Å². The summed E-state index contributed by atoms with van der Waals surface area (Å²) in [4.78, 5) is 23.4. The minimum atomic E-state index is -0.664. The smallest absolute Gasteiger partial charge is 0.374 e. The summed E-state index contributed by atoms with van der Waals surface area (Å²) >= 11 is 0. The van der Waals surface area contributed by atoms with Gasteiger partial charge >= 0.3 is 5.97 Å². The molecule has 1 aliphatic carbocycles. The highest BCUT2D eigenvalue weighted by Crippen LogP contribution is 2.42. The van der Waals surface area contributed by atoms with Gasteiger partial charge in [-0.3, -0.25) is 4.79 Å². The van der Waals surface area contributed by atoms with Gasteiger partial charge < -0.3 is 4.74 Å². The Morgan fingerprint density at radius 3 is 2.41 bits per heavy atom. The number of ether oxygens (including phenoxy) is 1. The molecule has 0 amide bonds. The number of rotatable bonds is 5. The van der Waals surface area contributed by atoms with Gasteiger partial charge in [0.25, 0.3) is 0 Å². The average molecular weight is 302 g/mol. The van der Waals surface area contributed by atoms with Crippen molar-refractivity contribution in [2.75, 3.05) is 0 Å². The predicted molar refractivity (Wildman–Crippen MR) is 86.6 cm³/mol. The predicted octanol–water partition coefficient (Wildman–Crippen LogP) is 4.05. The lowest BCUT2D eigenvalue weighted by Crippen LogP contribution is -2.42. The molecule has 3 heteroatoms. The van der Waals surface area contributed by atoms with Crippen molar-refractivity contribution in [2.45, 2.75) is 64.4 Å². The van der Waals surface area contributed by atoms with E-state index in [1.54, 1.807) is 6.92 Å². The van der Waals surface area contributed by atoms with E-state index in [0.29, 0.717) is 0 Å². The Kier molecular flexibility index (Phi) is 5.38. The number of ketones is 1. The fourth-order valence-corrected chi connectivity index (χ4v) is 3.49. The van der Waals surface area contributed by atoms with Crippen molar-refractivity contribution in [2.24, 2.45) is 5.92 Å². The van der Waals surface area contributed by atoms with E-state index in [4.69, 9.17) is 4.74 Å². The van der Waals surface area contributed by atoms with E-state index >= 15 is 0 Å². The summed E-state index contributed by atoms with van der Waals surface area (Å²) in [7, 11) is 0. The van der Waals surface area contributed by atoms with E-state index in [-0.39, 0.29) is 23.9 Å². The quantitative estimate of drug-likeness (QED) is 0.609. The molecule has 1 saturated carbocycles. The molecule has 0 N–H and O–H groups in total. The summed E-state index contributed by atoms with van der Waals surface area (Å²) in [5.74, 6) is -0.845. The van der Waals surface area contributed by atoms with Crippen LogP contribution in [0.15, 0.2) is 30.3 Å². The maximum absolute atomic E-state index is 11.9. The molecular formula is C19H26O3. The molecule has 0 aliphatic heterocycles. The van der Waals surface area contributed by atoms with Gasteiger partial charge in [-0.1, -0.05) is 57.5 Å². The topological polar surface area (TPSA) is 43.4 Å². The molecule has 1 aliphatic rings. The minimum absolute atomic E-state index is 0.0815. The van der Waals surface area contributed by atoms with E-state index in [0.717, 1.165) is 25.7 Å². The zero-order valence-electron chi connectivity index (χ0n) is 13.8. The second-order valence-electron chi connectivity index (χ2n) is 6.70. The van der Waals surface area contributed by atoms with Crippen LogP contribution in [0, 0.1) is 5.92 Å². The molecule has 3 nitrogen and oxygen atoms in total. The number of hydrogen-bond acceptors (Lipinski definition) is 3. The van der Waals surface area contributed by atoms with Crippen LogP contribution in [0.4, 0.5) is 0 Å². The summed E-state index contributed by atoms with van der Waals surface area (Å²) < 4.78 is 5.58. The highest BCUT2D eigenvalue weighted by atomic mass is 16.5. The molecule has 1 fully saturated rings. The number of carbonyl (C=O) groups excluding carboxylic acids is 2. The van der Waals surface area contributed by atoms with Crippen molar-refractivity contribution in [1.82, 2.24) is 0 Å². The maximum atomic E-state index is 11.9. The van der Waals surface area contributed by atoms with Gasteiger partial charge in [0, 0.05) is 12.3 Å². The Labute approximate surface area is 133 Å². The van der Waals surface area contributed by atoms with Gasteiger partial charge in [-0.15, -0.1) is 0 Å². The van der Waals surface area contributed by atoms with Gasteiger partial charge in [-0.05, 0) is 30.2 Å². The largest absolute Gasteiger partial charge is 0.456 e. The lowest BCUT2D eigenvalue weighted by Gasteiger charge is -2.42. The third-order valence-electron chi connectivity index (χ3n) is 4.95. The van der Waals surface area contributed by atoms with Gasteiger partial charge in [-0.25, -0.2) is 4.79 Å². The third-order valence-corrected chi connectivity index (χ3v) is 4.95.